The lowest BCUT2D eigenvalue weighted by Crippen LogP contribution is -2.26. The fraction of sp³-hybridized carbons (Fsp3) is 0.0233. The van der Waals surface area contributed by atoms with Crippen molar-refractivity contribution >= 4 is 23.7 Å². The van der Waals surface area contributed by atoms with Gasteiger partial charge in [0.25, 0.3) is 0 Å². The lowest BCUT2D eigenvalue weighted by Gasteiger charge is -2.30. The molecule has 6 aromatic carbocycles. The maximum absolute atomic E-state index is 13.6. The lowest BCUT2D eigenvalue weighted by atomic mass is 9.70. The van der Waals surface area contributed by atoms with Crippen LogP contribution >= 0.6 is 0 Å². The number of carbonyl (C=O) groups is 2. The number of ketones is 2. The molecule has 0 heterocycles. The fourth-order valence-corrected chi connectivity index (χ4v) is 7.11. The monoisotopic (exact) mass is 576 g/mol. The largest absolute Gasteiger partial charge is 0.289 e. The quantitative estimate of drug-likeness (QED) is 0.146. The number of fused-ring (bicyclic) bond motifs is 10. The van der Waals surface area contributed by atoms with Crippen LogP contribution in [0.2, 0.25) is 0 Å². The summed E-state index contributed by atoms with van der Waals surface area (Å²) in [6.45, 7) is 0. The van der Waals surface area contributed by atoms with Crippen molar-refractivity contribution in [1.82, 2.24) is 0 Å². The van der Waals surface area contributed by atoms with E-state index in [1.54, 1.807) is 12.2 Å². The minimum atomic E-state index is -0.656. The lowest BCUT2D eigenvalue weighted by molar-refractivity contribution is 0.104. The minimum absolute atomic E-state index is 0.0470. The van der Waals surface area contributed by atoms with Gasteiger partial charge in [0.1, 0.15) is 0 Å². The molecule has 0 unspecified atom stereocenters. The molecule has 0 saturated heterocycles. The van der Waals surface area contributed by atoms with E-state index in [1.807, 2.05) is 84.9 Å². The molecule has 45 heavy (non-hydrogen) atoms. The topological polar surface area (TPSA) is 34.1 Å². The molecule has 0 bridgehead atoms. The van der Waals surface area contributed by atoms with Crippen molar-refractivity contribution in [3.05, 3.63) is 202 Å². The van der Waals surface area contributed by atoms with Gasteiger partial charge in [-0.25, -0.2) is 0 Å². The van der Waals surface area contributed by atoms with Crippen LogP contribution in [0.25, 0.3) is 34.4 Å². The summed E-state index contributed by atoms with van der Waals surface area (Å²) in [7, 11) is 0. The van der Waals surface area contributed by atoms with Crippen LogP contribution < -0.4 is 0 Å². The van der Waals surface area contributed by atoms with Gasteiger partial charge in [-0.3, -0.25) is 9.59 Å². The van der Waals surface area contributed by atoms with Gasteiger partial charge in [-0.2, -0.15) is 0 Å². The van der Waals surface area contributed by atoms with E-state index in [4.69, 9.17) is 0 Å². The zero-order chi connectivity index (χ0) is 30.4. The second-order valence-electron chi connectivity index (χ2n) is 11.6. The highest BCUT2D eigenvalue weighted by molar-refractivity contribution is 6.09. The standard InChI is InChI=1S/C43H28O2/c44-41(25-19-29-11-3-1-4-12-29)31-21-23-35-33-15-7-9-17-37(33)43(39(35)27-31)38-18-10-8-16-34(38)36-24-22-32(28-40(36)43)42(45)26-20-30-13-5-2-6-14-30/h1-28H/b25-19+,26-20+. The predicted octanol–water partition coefficient (Wildman–Crippen LogP) is 9.82. The summed E-state index contributed by atoms with van der Waals surface area (Å²) in [6.07, 6.45) is 7.03. The second kappa shape index (κ2) is 10.7. The van der Waals surface area contributed by atoms with Crippen LogP contribution in [0.3, 0.4) is 0 Å². The van der Waals surface area contributed by atoms with Gasteiger partial charge >= 0.3 is 0 Å². The Kier molecular flexibility index (Phi) is 6.36. The van der Waals surface area contributed by atoms with Crippen LogP contribution in [0.1, 0.15) is 54.1 Å². The highest BCUT2D eigenvalue weighted by atomic mass is 16.1. The van der Waals surface area contributed by atoms with E-state index in [9.17, 15) is 9.59 Å². The van der Waals surface area contributed by atoms with Gasteiger partial charge in [-0.1, -0.05) is 146 Å². The Morgan fingerprint density at radius 3 is 1.22 bits per heavy atom. The van der Waals surface area contributed by atoms with E-state index in [0.717, 1.165) is 44.5 Å². The molecular formula is C43H28O2. The summed E-state index contributed by atoms with van der Waals surface area (Å²) in [4.78, 5) is 27.2. The van der Waals surface area contributed by atoms with Crippen molar-refractivity contribution in [1.29, 1.82) is 0 Å². The average Bonchev–Trinajstić information content (AvgIpc) is 3.57. The minimum Gasteiger partial charge on any atom is -0.289 e. The highest BCUT2D eigenvalue weighted by Crippen LogP contribution is 2.62. The summed E-state index contributed by atoms with van der Waals surface area (Å²) in [5.41, 5.74) is 11.6. The van der Waals surface area contributed by atoms with Crippen LogP contribution in [0.5, 0.6) is 0 Å². The Labute approximate surface area is 262 Å². The van der Waals surface area contributed by atoms with Crippen LogP contribution in [0.15, 0.2) is 158 Å². The van der Waals surface area contributed by atoms with Gasteiger partial charge in [0.15, 0.2) is 11.6 Å². The summed E-state index contributed by atoms with van der Waals surface area (Å²) < 4.78 is 0. The first-order valence-corrected chi connectivity index (χ1v) is 15.2. The van der Waals surface area contributed by atoms with Crippen molar-refractivity contribution in [2.45, 2.75) is 5.41 Å². The zero-order valence-corrected chi connectivity index (χ0v) is 24.5. The number of allylic oxidation sites excluding steroid dienone is 2. The summed E-state index contributed by atoms with van der Waals surface area (Å²) in [5.74, 6) is -0.0940. The first kappa shape index (κ1) is 26.7. The van der Waals surface area contributed by atoms with Crippen LogP contribution in [-0.4, -0.2) is 11.6 Å². The number of hydrogen-bond acceptors (Lipinski definition) is 2. The molecule has 6 aromatic rings. The molecule has 0 aromatic heterocycles. The number of rotatable bonds is 6. The van der Waals surface area contributed by atoms with Crippen LogP contribution in [-0.2, 0) is 5.41 Å². The molecule has 0 N–H and O–H groups in total. The van der Waals surface area contributed by atoms with Crippen LogP contribution in [0.4, 0.5) is 0 Å². The van der Waals surface area contributed by atoms with Crippen molar-refractivity contribution in [3.63, 3.8) is 0 Å². The van der Waals surface area contributed by atoms with Gasteiger partial charge in [0.2, 0.25) is 0 Å². The van der Waals surface area contributed by atoms with Gasteiger partial charge in [-0.05, 0) is 79.9 Å². The molecule has 8 rings (SSSR count). The molecule has 2 aliphatic rings. The summed E-state index contributed by atoms with van der Waals surface area (Å²) in [6, 6.07) is 48.9. The Morgan fingerprint density at radius 1 is 0.400 bits per heavy atom. The smallest absolute Gasteiger partial charge is 0.185 e. The third kappa shape index (κ3) is 4.26. The van der Waals surface area contributed by atoms with E-state index in [0.29, 0.717) is 11.1 Å². The third-order valence-corrected chi connectivity index (χ3v) is 9.11. The van der Waals surface area contributed by atoms with Crippen molar-refractivity contribution in [2.75, 3.05) is 0 Å². The number of hydrogen-bond donors (Lipinski definition) is 0. The molecule has 0 radical (unpaired) electrons. The molecule has 212 valence electrons. The van der Waals surface area contributed by atoms with Gasteiger partial charge in [-0.15, -0.1) is 0 Å². The maximum Gasteiger partial charge on any atom is 0.185 e. The highest BCUT2D eigenvalue weighted by Gasteiger charge is 2.51. The SMILES string of the molecule is O=C(/C=C/c1ccccc1)c1ccc2c(c1)C1(c3ccccc3-2)c2ccccc2-c2ccc(C(=O)/C=C/c3ccccc3)cc21. The summed E-state index contributed by atoms with van der Waals surface area (Å²) in [5, 5.41) is 0. The van der Waals surface area contributed by atoms with E-state index in [2.05, 4.69) is 72.8 Å². The Morgan fingerprint density at radius 2 is 0.778 bits per heavy atom. The van der Waals surface area contributed by atoms with Gasteiger partial charge in [0, 0.05) is 11.1 Å². The van der Waals surface area contributed by atoms with Gasteiger partial charge in [0.05, 0.1) is 5.41 Å². The molecule has 0 fully saturated rings. The second-order valence-corrected chi connectivity index (χ2v) is 11.6. The third-order valence-electron chi connectivity index (χ3n) is 9.11. The van der Waals surface area contributed by atoms with E-state index >= 15 is 0 Å². The molecule has 2 aliphatic carbocycles. The molecule has 0 saturated carbocycles. The van der Waals surface area contributed by atoms with Crippen molar-refractivity contribution in [3.8, 4) is 22.3 Å². The molecule has 0 aliphatic heterocycles. The Balaban J connectivity index is 1.31. The number of benzene rings is 6. The molecular weight excluding hydrogens is 548 g/mol. The van der Waals surface area contributed by atoms with E-state index < -0.39 is 5.41 Å². The summed E-state index contributed by atoms with van der Waals surface area (Å²) >= 11 is 0. The molecule has 0 amide bonds. The fourth-order valence-electron chi connectivity index (χ4n) is 7.11. The van der Waals surface area contributed by atoms with E-state index in [-0.39, 0.29) is 11.6 Å². The van der Waals surface area contributed by atoms with E-state index in [1.165, 1.54) is 11.1 Å². The molecule has 0 atom stereocenters. The van der Waals surface area contributed by atoms with Crippen molar-refractivity contribution < 1.29 is 9.59 Å². The zero-order valence-electron chi connectivity index (χ0n) is 24.5. The number of carbonyl (C=O) groups excluding carboxylic acids is 2. The predicted molar refractivity (Wildman–Crippen MR) is 182 cm³/mol. The van der Waals surface area contributed by atoms with Crippen molar-refractivity contribution in [2.24, 2.45) is 0 Å². The first-order valence-electron chi connectivity index (χ1n) is 15.2. The Hall–Kier alpha value is -5.86. The molecule has 1 spiro atoms. The molecule has 2 nitrogen and oxygen atoms in total. The first-order chi connectivity index (χ1) is 22.1. The van der Waals surface area contributed by atoms with Gasteiger partial charge < -0.3 is 0 Å². The average molecular weight is 577 g/mol. The maximum atomic E-state index is 13.6. The normalized spacial score (nSPS) is 13.5. The Bertz CT molecular complexity index is 2030. The molecule has 2 heteroatoms. The van der Waals surface area contributed by atoms with Crippen LogP contribution in [0, 0.1) is 0 Å².